The van der Waals surface area contributed by atoms with Crippen LogP contribution in [0.1, 0.15) is 44.7 Å². The average molecular weight is 313 g/mol. The molecule has 0 saturated heterocycles. The van der Waals surface area contributed by atoms with E-state index in [0.717, 1.165) is 11.1 Å². The first kappa shape index (κ1) is 16.0. The van der Waals surface area contributed by atoms with E-state index in [1.54, 1.807) is 19.9 Å². The van der Waals surface area contributed by atoms with Crippen LogP contribution in [0.5, 0.6) is 11.5 Å². The first-order valence-corrected chi connectivity index (χ1v) is 7.46. The summed E-state index contributed by atoms with van der Waals surface area (Å²) in [6.45, 7) is 8.48. The SMILES string of the molecule is CC(C)c1c(CC(C)(C)C(=O)O)c(Cl)cc2c1OCCO2. The summed E-state index contributed by atoms with van der Waals surface area (Å²) in [7, 11) is 0. The van der Waals surface area contributed by atoms with Gasteiger partial charge in [0.2, 0.25) is 0 Å². The first-order valence-electron chi connectivity index (χ1n) is 7.08. The molecule has 1 heterocycles. The van der Waals surface area contributed by atoms with Crippen molar-refractivity contribution in [1.29, 1.82) is 0 Å². The molecule has 0 radical (unpaired) electrons. The smallest absolute Gasteiger partial charge is 0.309 e. The fourth-order valence-electron chi connectivity index (χ4n) is 2.53. The molecule has 5 heteroatoms. The van der Waals surface area contributed by atoms with Gasteiger partial charge in [0.05, 0.1) is 5.41 Å². The molecule has 21 heavy (non-hydrogen) atoms. The zero-order chi connectivity index (χ0) is 15.8. The van der Waals surface area contributed by atoms with Crippen molar-refractivity contribution < 1.29 is 19.4 Å². The normalized spacial score (nSPS) is 14.4. The van der Waals surface area contributed by atoms with Gasteiger partial charge in [0, 0.05) is 16.7 Å². The molecule has 1 N–H and O–H groups in total. The summed E-state index contributed by atoms with van der Waals surface area (Å²) in [4.78, 5) is 11.4. The minimum absolute atomic E-state index is 0.166. The number of ether oxygens (including phenoxy) is 2. The van der Waals surface area contributed by atoms with Crippen LogP contribution >= 0.6 is 11.6 Å². The molecule has 0 saturated carbocycles. The highest BCUT2D eigenvalue weighted by Gasteiger charge is 2.32. The maximum Gasteiger partial charge on any atom is 0.309 e. The molecule has 0 aliphatic carbocycles. The number of rotatable bonds is 4. The van der Waals surface area contributed by atoms with Gasteiger partial charge in [-0.05, 0) is 31.7 Å². The molecule has 1 aliphatic rings. The van der Waals surface area contributed by atoms with E-state index in [2.05, 4.69) is 0 Å². The number of hydrogen-bond donors (Lipinski definition) is 1. The Hall–Kier alpha value is -1.42. The van der Waals surface area contributed by atoms with Gasteiger partial charge in [-0.15, -0.1) is 0 Å². The maximum absolute atomic E-state index is 11.4. The minimum atomic E-state index is -0.892. The quantitative estimate of drug-likeness (QED) is 0.916. The summed E-state index contributed by atoms with van der Waals surface area (Å²) in [5.74, 6) is 0.672. The van der Waals surface area contributed by atoms with Crippen LogP contribution in [-0.4, -0.2) is 24.3 Å². The molecule has 116 valence electrons. The van der Waals surface area contributed by atoms with Gasteiger partial charge in [-0.1, -0.05) is 25.4 Å². The van der Waals surface area contributed by atoms with E-state index in [9.17, 15) is 9.90 Å². The van der Waals surface area contributed by atoms with E-state index in [1.165, 1.54) is 0 Å². The molecule has 4 nitrogen and oxygen atoms in total. The predicted octanol–water partition coefficient (Wildman–Crippen LogP) is 3.89. The highest BCUT2D eigenvalue weighted by Crippen LogP contribution is 2.45. The number of aliphatic carboxylic acids is 1. The summed E-state index contributed by atoms with van der Waals surface area (Å²) in [6.07, 6.45) is 0.352. The number of halogens is 1. The van der Waals surface area contributed by atoms with Crippen molar-refractivity contribution >= 4 is 17.6 Å². The standard InChI is InChI=1S/C16H21ClO4/c1-9(2)13-10(8-16(3,4)15(18)19)11(17)7-12-14(13)21-6-5-20-12/h7,9H,5-6,8H2,1-4H3,(H,18,19). The third kappa shape index (κ3) is 3.10. The third-order valence-electron chi connectivity index (χ3n) is 3.70. The second kappa shape index (κ2) is 5.76. The van der Waals surface area contributed by atoms with Gasteiger partial charge in [-0.25, -0.2) is 0 Å². The lowest BCUT2D eigenvalue weighted by Gasteiger charge is -2.28. The topological polar surface area (TPSA) is 55.8 Å². The number of carboxylic acid groups (broad SMARTS) is 1. The first-order chi connectivity index (χ1) is 9.74. The molecule has 0 aromatic heterocycles. The summed E-state index contributed by atoms with van der Waals surface area (Å²) in [6, 6.07) is 1.73. The number of hydrogen-bond acceptors (Lipinski definition) is 3. The average Bonchev–Trinajstić information content (AvgIpc) is 2.38. The molecule has 0 fully saturated rings. The van der Waals surface area contributed by atoms with Crippen molar-refractivity contribution in [3.63, 3.8) is 0 Å². The van der Waals surface area contributed by atoms with Gasteiger partial charge in [0.1, 0.15) is 13.2 Å². The Morgan fingerprint density at radius 2 is 2.00 bits per heavy atom. The monoisotopic (exact) mass is 312 g/mol. The molecule has 0 bridgehead atoms. The molecule has 1 aromatic carbocycles. The number of fused-ring (bicyclic) bond motifs is 1. The van der Waals surface area contributed by atoms with Gasteiger partial charge >= 0.3 is 5.97 Å². The van der Waals surface area contributed by atoms with Crippen LogP contribution in [0.25, 0.3) is 0 Å². The van der Waals surface area contributed by atoms with Crippen LogP contribution < -0.4 is 9.47 Å². The molecule has 0 atom stereocenters. The fourth-order valence-corrected chi connectivity index (χ4v) is 2.79. The summed E-state index contributed by atoms with van der Waals surface area (Å²) >= 11 is 6.39. The second-order valence-corrected chi connectivity index (χ2v) is 6.70. The minimum Gasteiger partial charge on any atom is -0.486 e. The molecule has 1 aliphatic heterocycles. The van der Waals surface area contributed by atoms with E-state index in [1.807, 2.05) is 13.8 Å². The summed E-state index contributed by atoms with van der Waals surface area (Å²) in [5.41, 5.74) is 0.895. The van der Waals surface area contributed by atoms with Gasteiger partial charge < -0.3 is 14.6 Å². The Labute approximate surface area is 130 Å². The van der Waals surface area contributed by atoms with E-state index in [4.69, 9.17) is 21.1 Å². The number of carboxylic acids is 1. The van der Waals surface area contributed by atoms with Gasteiger partial charge in [-0.2, -0.15) is 0 Å². The van der Waals surface area contributed by atoms with E-state index in [-0.39, 0.29) is 5.92 Å². The largest absolute Gasteiger partial charge is 0.486 e. The van der Waals surface area contributed by atoms with Gasteiger partial charge in [0.25, 0.3) is 0 Å². The van der Waals surface area contributed by atoms with Crippen molar-refractivity contribution in [2.45, 2.75) is 40.0 Å². The fraction of sp³-hybridized carbons (Fsp3) is 0.562. The Bertz CT molecular complexity index is 564. The lowest BCUT2D eigenvalue weighted by molar-refractivity contribution is -0.146. The molecule has 1 aromatic rings. The van der Waals surface area contributed by atoms with Crippen LogP contribution in [0.3, 0.4) is 0 Å². The molecule has 0 unspecified atom stereocenters. The highest BCUT2D eigenvalue weighted by molar-refractivity contribution is 6.31. The lowest BCUT2D eigenvalue weighted by Crippen LogP contribution is -2.27. The Morgan fingerprint density at radius 3 is 2.57 bits per heavy atom. The summed E-state index contributed by atoms with van der Waals surface area (Å²) in [5, 5.41) is 9.90. The highest BCUT2D eigenvalue weighted by atomic mass is 35.5. The van der Waals surface area contributed by atoms with Crippen molar-refractivity contribution in [3.05, 3.63) is 22.2 Å². The zero-order valence-corrected chi connectivity index (χ0v) is 13.6. The number of benzene rings is 1. The molecular weight excluding hydrogens is 292 g/mol. The van der Waals surface area contributed by atoms with Gasteiger partial charge in [0.15, 0.2) is 11.5 Å². The van der Waals surface area contributed by atoms with Crippen molar-refractivity contribution in [1.82, 2.24) is 0 Å². The van der Waals surface area contributed by atoms with Crippen molar-refractivity contribution in [2.75, 3.05) is 13.2 Å². The second-order valence-electron chi connectivity index (χ2n) is 6.30. The van der Waals surface area contributed by atoms with Gasteiger partial charge in [-0.3, -0.25) is 4.79 Å². The predicted molar refractivity (Wildman–Crippen MR) is 81.7 cm³/mol. The molecule has 0 spiro atoms. The van der Waals surface area contributed by atoms with Crippen LogP contribution in [0.15, 0.2) is 6.07 Å². The Balaban J connectivity index is 2.57. The lowest BCUT2D eigenvalue weighted by atomic mass is 9.82. The van der Waals surface area contributed by atoms with E-state index in [0.29, 0.717) is 36.2 Å². The molecular formula is C16H21ClO4. The third-order valence-corrected chi connectivity index (χ3v) is 4.04. The van der Waals surface area contributed by atoms with E-state index >= 15 is 0 Å². The zero-order valence-electron chi connectivity index (χ0n) is 12.8. The van der Waals surface area contributed by atoms with Crippen LogP contribution in [0.4, 0.5) is 0 Å². The number of carbonyl (C=O) groups is 1. The van der Waals surface area contributed by atoms with Crippen molar-refractivity contribution in [3.8, 4) is 11.5 Å². The van der Waals surface area contributed by atoms with Crippen LogP contribution in [-0.2, 0) is 11.2 Å². The maximum atomic E-state index is 11.4. The van der Waals surface area contributed by atoms with Crippen LogP contribution in [0.2, 0.25) is 5.02 Å². The molecule has 0 amide bonds. The Morgan fingerprint density at radius 1 is 1.38 bits per heavy atom. The van der Waals surface area contributed by atoms with E-state index < -0.39 is 11.4 Å². The van der Waals surface area contributed by atoms with Crippen LogP contribution in [0, 0.1) is 5.41 Å². The summed E-state index contributed by atoms with van der Waals surface area (Å²) < 4.78 is 11.4. The Kier molecular flexibility index (Phi) is 4.38. The van der Waals surface area contributed by atoms with Crippen molar-refractivity contribution in [2.24, 2.45) is 5.41 Å². The molecule has 2 rings (SSSR count).